The van der Waals surface area contributed by atoms with Crippen molar-refractivity contribution in [2.75, 3.05) is 79.2 Å². The molecule has 0 bridgehead atoms. The molecule has 0 amide bonds. The monoisotopic (exact) mass is 416 g/mol. The first-order chi connectivity index (χ1) is 14.6. The lowest BCUT2D eigenvalue weighted by Crippen LogP contribution is -2.56. The summed E-state index contributed by atoms with van der Waals surface area (Å²) in [6.07, 6.45) is 0. The van der Waals surface area contributed by atoms with E-state index in [1.54, 1.807) is 0 Å². The average molecular weight is 417 g/mol. The van der Waals surface area contributed by atoms with Crippen molar-refractivity contribution in [2.24, 2.45) is 4.99 Å². The van der Waals surface area contributed by atoms with Crippen molar-refractivity contribution in [1.29, 1.82) is 0 Å². The molecule has 0 aliphatic carbocycles. The van der Waals surface area contributed by atoms with Crippen molar-refractivity contribution in [1.82, 2.24) is 25.3 Å². The first kappa shape index (κ1) is 23.0. The summed E-state index contributed by atoms with van der Waals surface area (Å²) in [6.45, 7) is 16.6. The topological polar surface area (TPSA) is 55.4 Å². The number of piperazine rings is 1. The molecule has 0 atom stereocenters. The van der Waals surface area contributed by atoms with E-state index >= 15 is 0 Å². The minimum Gasteiger partial charge on any atom is -0.379 e. The minimum absolute atomic E-state index is 0.0798. The number of hydrogen-bond donors (Lipinski definition) is 2. The molecule has 0 aromatic heterocycles. The summed E-state index contributed by atoms with van der Waals surface area (Å²) in [7, 11) is 1.85. The number of benzene rings is 1. The van der Waals surface area contributed by atoms with Crippen molar-refractivity contribution in [3.05, 3.63) is 35.9 Å². The van der Waals surface area contributed by atoms with Crippen molar-refractivity contribution < 1.29 is 4.74 Å². The molecule has 3 rings (SSSR count). The maximum absolute atomic E-state index is 5.48. The molecule has 2 saturated heterocycles. The number of aliphatic imine (C=N–C) groups is 1. The Morgan fingerprint density at radius 3 is 2.30 bits per heavy atom. The lowest BCUT2D eigenvalue weighted by Gasteiger charge is -2.41. The molecule has 1 aromatic carbocycles. The van der Waals surface area contributed by atoms with E-state index < -0.39 is 0 Å². The highest BCUT2D eigenvalue weighted by molar-refractivity contribution is 5.79. The Labute approximate surface area is 182 Å². The maximum Gasteiger partial charge on any atom is 0.191 e. The Balaban J connectivity index is 1.31. The van der Waals surface area contributed by atoms with Gasteiger partial charge < -0.3 is 15.4 Å². The van der Waals surface area contributed by atoms with Crippen LogP contribution in [0.5, 0.6) is 0 Å². The zero-order valence-corrected chi connectivity index (χ0v) is 19.1. The average Bonchev–Trinajstić information content (AvgIpc) is 2.78. The third-order valence-electron chi connectivity index (χ3n) is 6.21. The Bertz CT molecular complexity index is 636. The van der Waals surface area contributed by atoms with E-state index in [1.165, 1.54) is 5.56 Å². The molecule has 2 N–H and O–H groups in total. The van der Waals surface area contributed by atoms with Gasteiger partial charge >= 0.3 is 0 Å². The SMILES string of the molecule is CN=C(NCCN1CCN(Cc2ccccc2)CC1)NCC(C)(C)N1CCOCC1. The summed E-state index contributed by atoms with van der Waals surface area (Å²) in [5.41, 5.74) is 1.48. The summed E-state index contributed by atoms with van der Waals surface area (Å²) in [6, 6.07) is 10.8. The van der Waals surface area contributed by atoms with Crippen LogP contribution < -0.4 is 10.6 Å². The van der Waals surface area contributed by atoms with Crippen molar-refractivity contribution in [2.45, 2.75) is 25.9 Å². The van der Waals surface area contributed by atoms with Crippen LogP contribution in [0.3, 0.4) is 0 Å². The normalized spacial score (nSPS) is 20.3. The quantitative estimate of drug-likeness (QED) is 0.489. The van der Waals surface area contributed by atoms with Gasteiger partial charge in [-0.25, -0.2) is 0 Å². The fraction of sp³-hybridized carbons (Fsp3) is 0.696. The van der Waals surface area contributed by atoms with E-state index in [2.05, 4.69) is 74.5 Å². The second-order valence-corrected chi connectivity index (χ2v) is 8.87. The lowest BCUT2D eigenvalue weighted by molar-refractivity contribution is -0.00834. The molecule has 0 saturated carbocycles. The fourth-order valence-corrected chi connectivity index (χ4v) is 4.15. The highest BCUT2D eigenvalue weighted by Gasteiger charge is 2.28. The zero-order valence-electron chi connectivity index (χ0n) is 19.1. The minimum atomic E-state index is 0.0798. The molecule has 2 heterocycles. The summed E-state index contributed by atoms with van der Waals surface area (Å²) in [5, 5.41) is 6.99. The second kappa shape index (κ2) is 11.6. The van der Waals surface area contributed by atoms with Gasteiger partial charge in [-0.1, -0.05) is 30.3 Å². The molecular weight excluding hydrogens is 376 g/mol. The number of morpholine rings is 1. The largest absolute Gasteiger partial charge is 0.379 e. The highest BCUT2D eigenvalue weighted by Crippen LogP contribution is 2.15. The summed E-state index contributed by atoms with van der Waals surface area (Å²) < 4.78 is 5.48. The van der Waals surface area contributed by atoms with Gasteiger partial charge in [0.25, 0.3) is 0 Å². The first-order valence-electron chi connectivity index (χ1n) is 11.3. The molecule has 0 radical (unpaired) electrons. The van der Waals surface area contributed by atoms with Gasteiger partial charge in [-0.15, -0.1) is 0 Å². The molecule has 168 valence electrons. The number of hydrogen-bond acceptors (Lipinski definition) is 5. The van der Waals surface area contributed by atoms with E-state index in [4.69, 9.17) is 4.74 Å². The van der Waals surface area contributed by atoms with E-state index in [0.717, 1.165) is 84.6 Å². The third-order valence-corrected chi connectivity index (χ3v) is 6.21. The van der Waals surface area contributed by atoms with Crippen molar-refractivity contribution in [3.63, 3.8) is 0 Å². The standard InChI is InChI=1S/C23H40N6O/c1-23(2,29-15-17-30-18-16-29)20-26-22(24-3)25-9-10-27-11-13-28(14-12-27)19-21-7-5-4-6-8-21/h4-8H,9-20H2,1-3H3,(H2,24,25,26). The van der Waals surface area contributed by atoms with Gasteiger partial charge in [-0.3, -0.25) is 19.7 Å². The second-order valence-electron chi connectivity index (χ2n) is 8.87. The van der Waals surface area contributed by atoms with Gasteiger partial charge in [0.15, 0.2) is 5.96 Å². The van der Waals surface area contributed by atoms with Crippen LogP contribution in [0, 0.1) is 0 Å². The number of nitrogens with zero attached hydrogens (tertiary/aromatic N) is 4. The van der Waals surface area contributed by atoms with Crippen LogP contribution in [0.4, 0.5) is 0 Å². The van der Waals surface area contributed by atoms with E-state index in [-0.39, 0.29) is 5.54 Å². The highest BCUT2D eigenvalue weighted by atomic mass is 16.5. The Kier molecular flexibility index (Phi) is 8.93. The Morgan fingerprint density at radius 1 is 0.967 bits per heavy atom. The fourth-order valence-electron chi connectivity index (χ4n) is 4.15. The van der Waals surface area contributed by atoms with E-state index in [9.17, 15) is 0 Å². The third kappa shape index (κ3) is 7.23. The van der Waals surface area contributed by atoms with Gasteiger partial charge in [0.2, 0.25) is 0 Å². The van der Waals surface area contributed by atoms with Gasteiger partial charge in [0, 0.05) is 78.0 Å². The zero-order chi connectivity index (χ0) is 21.2. The molecule has 1 aromatic rings. The maximum atomic E-state index is 5.48. The summed E-state index contributed by atoms with van der Waals surface area (Å²) in [4.78, 5) is 12.0. The molecule has 2 fully saturated rings. The van der Waals surface area contributed by atoms with E-state index in [0.29, 0.717) is 0 Å². The van der Waals surface area contributed by atoms with Crippen LogP contribution in [-0.4, -0.2) is 105 Å². The Hall–Kier alpha value is -1.67. The molecular formula is C23H40N6O. The first-order valence-corrected chi connectivity index (χ1v) is 11.3. The van der Waals surface area contributed by atoms with Crippen LogP contribution >= 0.6 is 0 Å². The van der Waals surface area contributed by atoms with Gasteiger partial charge in [0.05, 0.1) is 13.2 Å². The Morgan fingerprint density at radius 2 is 1.63 bits per heavy atom. The molecule has 0 spiro atoms. The predicted octanol–water partition coefficient (Wildman–Crippen LogP) is 1.08. The molecule has 7 heteroatoms. The number of rotatable bonds is 8. The van der Waals surface area contributed by atoms with Crippen LogP contribution in [0.25, 0.3) is 0 Å². The summed E-state index contributed by atoms with van der Waals surface area (Å²) in [5.74, 6) is 0.888. The van der Waals surface area contributed by atoms with Gasteiger partial charge in [-0.05, 0) is 19.4 Å². The summed E-state index contributed by atoms with van der Waals surface area (Å²) >= 11 is 0. The molecule has 30 heavy (non-hydrogen) atoms. The van der Waals surface area contributed by atoms with Crippen molar-refractivity contribution >= 4 is 5.96 Å². The molecule has 2 aliphatic rings. The predicted molar refractivity (Wildman–Crippen MR) is 124 cm³/mol. The van der Waals surface area contributed by atoms with Crippen molar-refractivity contribution in [3.8, 4) is 0 Å². The van der Waals surface area contributed by atoms with Gasteiger partial charge in [0.1, 0.15) is 0 Å². The number of nitrogens with one attached hydrogen (secondary N) is 2. The van der Waals surface area contributed by atoms with Crippen LogP contribution in [0.2, 0.25) is 0 Å². The number of guanidine groups is 1. The van der Waals surface area contributed by atoms with E-state index in [1.807, 2.05) is 7.05 Å². The lowest BCUT2D eigenvalue weighted by atomic mass is 10.0. The smallest absolute Gasteiger partial charge is 0.191 e. The molecule has 2 aliphatic heterocycles. The van der Waals surface area contributed by atoms with Crippen LogP contribution in [0.15, 0.2) is 35.3 Å². The molecule has 0 unspecified atom stereocenters. The van der Waals surface area contributed by atoms with Crippen LogP contribution in [-0.2, 0) is 11.3 Å². The molecule has 7 nitrogen and oxygen atoms in total. The van der Waals surface area contributed by atoms with Crippen LogP contribution in [0.1, 0.15) is 19.4 Å². The van der Waals surface area contributed by atoms with Gasteiger partial charge in [-0.2, -0.15) is 0 Å². The number of ether oxygens (including phenoxy) is 1.